The van der Waals surface area contributed by atoms with Crippen molar-refractivity contribution in [3.63, 3.8) is 0 Å². The standard InChI is InChI=1S/C4H4ClF2N2/c5-4-1-2-8(6)3-9(4)7/h1-4H. The predicted octanol–water partition coefficient (Wildman–Crippen LogP) is 1.57. The minimum atomic E-state index is -0.892. The van der Waals surface area contributed by atoms with Gasteiger partial charge in [0.15, 0.2) is 6.67 Å². The Morgan fingerprint density at radius 2 is 2.11 bits per heavy atom. The zero-order chi connectivity index (χ0) is 6.85. The van der Waals surface area contributed by atoms with Crippen LogP contribution in [-0.4, -0.2) is 15.7 Å². The number of alkyl halides is 1. The lowest BCUT2D eigenvalue weighted by Crippen LogP contribution is -2.28. The van der Waals surface area contributed by atoms with E-state index in [2.05, 4.69) is 0 Å². The topological polar surface area (TPSA) is 6.48 Å². The summed E-state index contributed by atoms with van der Waals surface area (Å²) in [6.45, 7) is 0.609. The van der Waals surface area contributed by atoms with Gasteiger partial charge in [0.25, 0.3) is 0 Å². The quantitative estimate of drug-likeness (QED) is 0.296. The van der Waals surface area contributed by atoms with Crippen LogP contribution >= 0.6 is 11.6 Å². The van der Waals surface area contributed by atoms with Gasteiger partial charge in [-0.3, -0.25) is 0 Å². The molecule has 0 amide bonds. The minimum absolute atomic E-state index is 0.0571. The first-order chi connectivity index (χ1) is 4.20. The summed E-state index contributed by atoms with van der Waals surface area (Å²) in [5, 5.41) is 0.139. The van der Waals surface area contributed by atoms with E-state index in [-0.39, 0.29) is 10.2 Å². The molecule has 0 aromatic rings. The molecule has 1 rings (SSSR count). The molecule has 1 radical (unpaired) electrons. The predicted molar refractivity (Wildman–Crippen MR) is 29.0 cm³/mol. The van der Waals surface area contributed by atoms with Gasteiger partial charge in [-0.15, -0.1) is 4.48 Å². The van der Waals surface area contributed by atoms with Crippen molar-refractivity contribution in [3.8, 4) is 0 Å². The van der Waals surface area contributed by atoms with E-state index < -0.39 is 5.50 Å². The van der Waals surface area contributed by atoms with Crippen LogP contribution in [-0.2, 0) is 0 Å². The summed E-state index contributed by atoms with van der Waals surface area (Å²) < 4.78 is 24.1. The van der Waals surface area contributed by atoms with Crippen LogP contribution in [0.15, 0.2) is 12.3 Å². The molecular weight excluding hydrogens is 150 g/mol. The summed E-state index contributed by atoms with van der Waals surface area (Å²) in [6, 6.07) is 0. The molecule has 1 atom stereocenters. The van der Waals surface area contributed by atoms with Crippen LogP contribution in [0, 0.1) is 6.67 Å². The Balaban J connectivity index is 2.54. The molecule has 0 aromatic heterocycles. The van der Waals surface area contributed by atoms with Gasteiger partial charge in [-0.25, -0.2) is 0 Å². The van der Waals surface area contributed by atoms with E-state index in [1.165, 1.54) is 6.08 Å². The highest BCUT2D eigenvalue weighted by molar-refractivity contribution is 6.21. The van der Waals surface area contributed by atoms with Crippen LogP contribution < -0.4 is 0 Å². The van der Waals surface area contributed by atoms with Crippen molar-refractivity contribution < 1.29 is 8.96 Å². The van der Waals surface area contributed by atoms with Crippen molar-refractivity contribution in [2.75, 3.05) is 0 Å². The number of hydrogen-bond donors (Lipinski definition) is 0. The molecule has 0 N–H and O–H groups in total. The van der Waals surface area contributed by atoms with Crippen LogP contribution in [0.2, 0.25) is 0 Å². The fourth-order valence-corrected chi connectivity index (χ4v) is 0.558. The second-order valence-corrected chi connectivity index (χ2v) is 1.97. The molecular formula is C4H4ClF2N2. The van der Waals surface area contributed by atoms with Gasteiger partial charge in [0.2, 0.25) is 0 Å². The molecule has 0 aromatic carbocycles. The molecule has 0 spiro atoms. The van der Waals surface area contributed by atoms with Crippen LogP contribution in [0.4, 0.5) is 8.96 Å². The lowest BCUT2D eigenvalue weighted by atomic mass is 10.5. The molecule has 0 saturated heterocycles. The molecule has 1 aliphatic rings. The van der Waals surface area contributed by atoms with Gasteiger partial charge in [-0.1, -0.05) is 21.2 Å². The molecule has 0 saturated carbocycles. The minimum Gasteiger partial charge on any atom is -0.195 e. The number of rotatable bonds is 0. The number of halogens is 3. The van der Waals surface area contributed by atoms with Gasteiger partial charge < -0.3 is 0 Å². The SMILES string of the molecule is FN1[CH]N(F)C(Cl)C=C1. The average molecular weight is 154 g/mol. The Labute approximate surface area is 56.2 Å². The molecule has 1 heterocycles. The highest BCUT2D eigenvalue weighted by atomic mass is 35.5. The van der Waals surface area contributed by atoms with Crippen LogP contribution in [0.3, 0.4) is 0 Å². The Morgan fingerprint density at radius 1 is 1.44 bits per heavy atom. The van der Waals surface area contributed by atoms with Crippen molar-refractivity contribution in [1.82, 2.24) is 10.2 Å². The maximum atomic E-state index is 12.1. The molecule has 1 aliphatic heterocycles. The molecule has 0 fully saturated rings. The first-order valence-corrected chi connectivity index (χ1v) is 2.69. The number of hydrogen-bond acceptors (Lipinski definition) is 2. The van der Waals surface area contributed by atoms with E-state index in [4.69, 9.17) is 11.6 Å². The summed E-state index contributed by atoms with van der Waals surface area (Å²) in [5.41, 5.74) is -0.892. The summed E-state index contributed by atoms with van der Waals surface area (Å²) in [4.78, 5) is 0. The highest BCUT2D eigenvalue weighted by Crippen LogP contribution is 2.17. The van der Waals surface area contributed by atoms with Crippen molar-refractivity contribution in [1.29, 1.82) is 0 Å². The van der Waals surface area contributed by atoms with E-state index in [9.17, 15) is 8.96 Å². The fourth-order valence-electron chi connectivity index (χ4n) is 0.443. The summed E-state index contributed by atoms with van der Waals surface area (Å²) in [7, 11) is 0. The summed E-state index contributed by atoms with van der Waals surface area (Å²) in [6.07, 6.45) is 2.22. The maximum Gasteiger partial charge on any atom is 0.181 e. The van der Waals surface area contributed by atoms with E-state index in [1.807, 2.05) is 0 Å². The van der Waals surface area contributed by atoms with E-state index in [0.717, 1.165) is 6.20 Å². The fraction of sp³-hybridized carbons (Fsp3) is 0.250. The van der Waals surface area contributed by atoms with Crippen molar-refractivity contribution in [3.05, 3.63) is 18.9 Å². The maximum absolute atomic E-state index is 12.1. The summed E-state index contributed by atoms with van der Waals surface area (Å²) in [5.74, 6) is 0. The third kappa shape index (κ3) is 1.53. The molecule has 1 unspecified atom stereocenters. The molecule has 2 nitrogen and oxygen atoms in total. The van der Waals surface area contributed by atoms with E-state index >= 15 is 0 Å². The monoisotopic (exact) mass is 153 g/mol. The van der Waals surface area contributed by atoms with Crippen molar-refractivity contribution >= 4 is 11.6 Å². The lowest BCUT2D eigenvalue weighted by molar-refractivity contribution is -0.0379. The van der Waals surface area contributed by atoms with Gasteiger partial charge >= 0.3 is 0 Å². The molecule has 51 valence electrons. The third-order valence-electron chi connectivity index (χ3n) is 0.844. The highest BCUT2D eigenvalue weighted by Gasteiger charge is 2.19. The van der Waals surface area contributed by atoms with E-state index in [0.29, 0.717) is 6.67 Å². The molecule has 0 bridgehead atoms. The molecule has 0 aliphatic carbocycles. The Hall–Kier alpha value is -0.350. The first kappa shape index (κ1) is 6.77. The van der Waals surface area contributed by atoms with E-state index in [1.54, 1.807) is 0 Å². The van der Waals surface area contributed by atoms with Crippen molar-refractivity contribution in [2.45, 2.75) is 5.50 Å². The van der Waals surface area contributed by atoms with Gasteiger partial charge in [0.1, 0.15) is 5.50 Å². The zero-order valence-electron chi connectivity index (χ0n) is 4.34. The molecule has 5 heteroatoms. The average Bonchev–Trinajstić information content (AvgIpc) is 1.80. The third-order valence-corrected chi connectivity index (χ3v) is 1.18. The van der Waals surface area contributed by atoms with Gasteiger partial charge in [-0.05, 0) is 6.08 Å². The Morgan fingerprint density at radius 3 is 2.56 bits per heavy atom. The summed E-state index contributed by atoms with van der Waals surface area (Å²) >= 11 is 5.27. The van der Waals surface area contributed by atoms with Crippen molar-refractivity contribution in [2.24, 2.45) is 0 Å². The van der Waals surface area contributed by atoms with Crippen LogP contribution in [0.1, 0.15) is 0 Å². The van der Waals surface area contributed by atoms with Gasteiger partial charge in [0, 0.05) is 6.20 Å². The second-order valence-electron chi connectivity index (χ2n) is 1.52. The zero-order valence-corrected chi connectivity index (χ0v) is 5.09. The van der Waals surface area contributed by atoms with Gasteiger partial charge in [-0.2, -0.15) is 5.12 Å². The lowest BCUT2D eigenvalue weighted by Gasteiger charge is -2.21. The van der Waals surface area contributed by atoms with Crippen LogP contribution in [0.25, 0.3) is 0 Å². The smallest absolute Gasteiger partial charge is 0.181 e. The van der Waals surface area contributed by atoms with Gasteiger partial charge in [0.05, 0.1) is 0 Å². The molecule has 9 heavy (non-hydrogen) atoms. The first-order valence-electron chi connectivity index (χ1n) is 2.26. The largest absolute Gasteiger partial charge is 0.195 e. The normalized spacial score (nSPS) is 29.2. The second kappa shape index (κ2) is 2.49. The number of nitrogens with zero attached hydrogens (tertiary/aromatic N) is 2. The Kier molecular flexibility index (Phi) is 1.87. The van der Waals surface area contributed by atoms with Crippen LogP contribution in [0.5, 0.6) is 0 Å². The Bertz CT molecular complexity index is 130.